The number of amides is 1. The second kappa shape index (κ2) is 9.45. The van der Waals surface area contributed by atoms with Crippen LogP contribution in [0.3, 0.4) is 0 Å². The number of hydrogen-bond acceptors (Lipinski definition) is 4. The van der Waals surface area contributed by atoms with E-state index in [9.17, 15) is 17.6 Å². The molecule has 2 fully saturated rings. The van der Waals surface area contributed by atoms with Crippen LogP contribution in [-0.2, 0) is 10.0 Å². The minimum absolute atomic E-state index is 0.219. The minimum atomic E-state index is -3.33. The lowest BCUT2D eigenvalue weighted by Crippen LogP contribution is -2.50. The Morgan fingerprint density at radius 1 is 1.11 bits per heavy atom. The predicted octanol–water partition coefficient (Wildman–Crippen LogP) is 4.43. The van der Waals surface area contributed by atoms with Crippen molar-refractivity contribution in [2.24, 2.45) is 5.92 Å². The normalized spacial score (nSPS) is 17.2. The number of allylic oxidation sites excluding steroid dienone is 1. The van der Waals surface area contributed by atoms with Crippen LogP contribution < -0.4 is 0 Å². The van der Waals surface area contributed by atoms with Crippen molar-refractivity contribution in [1.29, 1.82) is 0 Å². The van der Waals surface area contributed by atoms with E-state index in [2.05, 4.69) is 9.83 Å². The number of carbonyl (C=O) groups is 1. The van der Waals surface area contributed by atoms with Gasteiger partial charge in [0.25, 0.3) is 5.91 Å². The Morgan fingerprint density at radius 3 is 2.42 bits per heavy atom. The van der Waals surface area contributed by atoms with Crippen molar-refractivity contribution in [1.82, 2.24) is 14.2 Å². The molecule has 3 aromatic rings. The van der Waals surface area contributed by atoms with Gasteiger partial charge < -0.3 is 4.90 Å². The number of pyridine rings is 1. The number of hydrogen-bond donors (Lipinski definition) is 0. The van der Waals surface area contributed by atoms with Crippen molar-refractivity contribution in [2.45, 2.75) is 12.8 Å². The number of benzene rings is 2. The summed E-state index contributed by atoms with van der Waals surface area (Å²) in [4.78, 5) is 23.3. The summed E-state index contributed by atoms with van der Waals surface area (Å²) in [6, 6.07) is 11.7. The van der Waals surface area contributed by atoms with Crippen molar-refractivity contribution in [3.05, 3.63) is 83.1 Å². The van der Waals surface area contributed by atoms with Crippen molar-refractivity contribution < 1.29 is 17.6 Å². The summed E-state index contributed by atoms with van der Waals surface area (Å²) in [5, 5.41) is 0.516. The van der Waals surface area contributed by atoms with Crippen LogP contribution in [0.1, 0.15) is 28.8 Å². The van der Waals surface area contributed by atoms with Gasteiger partial charge in [-0.25, -0.2) is 17.7 Å². The van der Waals surface area contributed by atoms with Crippen molar-refractivity contribution in [3.8, 4) is 11.1 Å². The third-order valence-electron chi connectivity index (χ3n) is 6.66. The third-order valence-corrected chi connectivity index (χ3v) is 7.96. The van der Waals surface area contributed by atoms with Gasteiger partial charge in [-0.3, -0.25) is 9.78 Å². The molecule has 0 atom stereocenters. The zero-order valence-electron chi connectivity index (χ0n) is 19.8. The van der Waals surface area contributed by atoms with Gasteiger partial charge in [-0.15, -0.1) is 0 Å². The molecule has 184 valence electrons. The molecule has 0 bridgehead atoms. The number of aromatic nitrogens is 1. The molecular formula is C27H25FN4O3S. The van der Waals surface area contributed by atoms with Crippen molar-refractivity contribution >= 4 is 32.5 Å². The quantitative estimate of drug-likeness (QED) is 0.482. The molecule has 1 amide bonds. The van der Waals surface area contributed by atoms with E-state index in [-0.39, 0.29) is 32.1 Å². The molecule has 2 aromatic carbocycles. The number of sulfonamides is 1. The van der Waals surface area contributed by atoms with E-state index < -0.39 is 15.8 Å². The fourth-order valence-corrected chi connectivity index (χ4v) is 5.35. The van der Waals surface area contributed by atoms with Crippen LogP contribution in [0, 0.1) is 18.3 Å². The number of fused-ring (bicyclic) bond motifs is 1. The number of nitrogens with zero attached hydrogens (tertiary/aromatic N) is 4. The summed E-state index contributed by atoms with van der Waals surface area (Å²) in [6.07, 6.45) is 6.88. The fourth-order valence-electron chi connectivity index (χ4n) is 4.52. The Kier molecular flexibility index (Phi) is 6.33. The summed E-state index contributed by atoms with van der Waals surface area (Å²) in [5.74, 6) is -0.249. The zero-order valence-corrected chi connectivity index (χ0v) is 20.6. The highest BCUT2D eigenvalue weighted by Crippen LogP contribution is 2.36. The highest BCUT2D eigenvalue weighted by atomic mass is 32.2. The molecule has 1 saturated heterocycles. The van der Waals surface area contributed by atoms with E-state index >= 15 is 0 Å². The first-order valence-electron chi connectivity index (χ1n) is 11.8. The van der Waals surface area contributed by atoms with Gasteiger partial charge in [-0.05, 0) is 48.1 Å². The van der Waals surface area contributed by atoms with E-state index in [1.54, 1.807) is 11.0 Å². The van der Waals surface area contributed by atoms with E-state index in [0.717, 1.165) is 24.7 Å². The van der Waals surface area contributed by atoms with Crippen LogP contribution in [0.15, 0.2) is 54.7 Å². The molecule has 7 nitrogen and oxygen atoms in total. The number of halogens is 1. The van der Waals surface area contributed by atoms with Crippen LogP contribution in [-0.4, -0.2) is 60.9 Å². The second-order valence-corrected chi connectivity index (χ2v) is 11.2. The molecule has 1 saturated carbocycles. The maximum absolute atomic E-state index is 14.3. The SMILES string of the molecule is [C-]#[N+]/C(=C\C1CC1)c1ccc(-c2c(C(=O)N3CCN(S(C)(=O)=O)CC3)cnc3ccc(F)cc23)cc1. The smallest absolute Gasteiger partial charge is 0.256 e. The maximum atomic E-state index is 14.3. The number of rotatable bonds is 5. The summed E-state index contributed by atoms with van der Waals surface area (Å²) in [5.41, 5.74) is 3.57. The lowest BCUT2D eigenvalue weighted by molar-refractivity contribution is 0.0699. The zero-order chi connectivity index (χ0) is 25.4. The summed E-state index contributed by atoms with van der Waals surface area (Å²) < 4.78 is 39.4. The molecule has 9 heteroatoms. The van der Waals surface area contributed by atoms with Crippen LogP contribution in [0.5, 0.6) is 0 Å². The monoisotopic (exact) mass is 504 g/mol. The van der Waals surface area contributed by atoms with Gasteiger partial charge in [0.1, 0.15) is 5.82 Å². The largest absolute Gasteiger partial charge is 0.336 e. The van der Waals surface area contributed by atoms with Crippen LogP contribution in [0.4, 0.5) is 4.39 Å². The van der Waals surface area contributed by atoms with Gasteiger partial charge in [0, 0.05) is 43.3 Å². The minimum Gasteiger partial charge on any atom is -0.336 e. The Hall–Kier alpha value is -3.61. The molecule has 0 N–H and O–H groups in total. The standard InChI is InChI=1S/C27H25FN4O3S/c1-29-25(15-18-3-4-18)19-5-7-20(8-6-19)26-22-16-21(28)9-10-24(22)30-17-23(26)27(33)31-11-13-32(14-12-31)36(2,34)35/h5-10,15-18H,3-4,11-14H2,2H3/b25-15-. The van der Waals surface area contributed by atoms with Crippen molar-refractivity contribution in [2.75, 3.05) is 32.4 Å². The molecule has 1 aromatic heterocycles. The molecule has 2 heterocycles. The first-order chi connectivity index (χ1) is 17.2. The lowest BCUT2D eigenvalue weighted by Gasteiger charge is -2.33. The number of piperazine rings is 1. The molecule has 0 unspecified atom stereocenters. The number of carbonyl (C=O) groups excluding carboxylic acids is 1. The van der Waals surface area contributed by atoms with Gasteiger partial charge >= 0.3 is 0 Å². The third kappa shape index (κ3) is 4.87. The van der Waals surface area contributed by atoms with Crippen LogP contribution in [0.2, 0.25) is 0 Å². The Morgan fingerprint density at radius 2 is 1.81 bits per heavy atom. The van der Waals surface area contributed by atoms with E-state index in [4.69, 9.17) is 6.57 Å². The average molecular weight is 505 g/mol. The Bertz CT molecular complexity index is 1520. The van der Waals surface area contributed by atoms with Gasteiger partial charge in [-0.2, -0.15) is 4.31 Å². The molecule has 0 radical (unpaired) electrons. The second-order valence-electron chi connectivity index (χ2n) is 9.24. The van der Waals surface area contributed by atoms with Crippen LogP contribution >= 0.6 is 0 Å². The molecule has 0 spiro atoms. The summed E-state index contributed by atoms with van der Waals surface area (Å²) in [6.45, 7) is 8.49. The lowest BCUT2D eigenvalue weighted by atomic mass is 9.94. The predicted molar refractivity (Wildman–Crippen MR) is 137 cm³/mol. The van der Waals surface area contributed by atoms with E-state index in [1.807, 2.05) is 30.3 Å². The molecule has 2 aliphatic rings. The Labute approximate surface area is 209 Å². The van der Waals surface area contributed by atoms with Gasteiger partial charge in [0.15, 0.2) is 5.70 Å². The average Bonchev–Trinajstić information content (AvgIpc) is 3.70. The van der Waals surface area contributed by atoms with E-state index in [0.29, 0.717) is 39.2 Å². The summed E-state index contributed by atoms with van der Waals surface area (Å²) >= 11 is 0. The molecule has 1 aliphatic heterocycles. The molecule has 36 heavy (non-hydrogen) atoms. The first kappa shape index (κ1) is 24.1. The maximum Gasteiger partial charge on any atom is 0.256 e. The molecule has 1 aliphatic carbocycles. The van der Waals surface area contributed by atoms with Gasteiger partial charge in [-0.1, -0.05) is 30.3 Å². The Balaban J connectivity index is 1.54. The fraction of sp³-hybridized carbons (Fsp3) is 0.296. The molecule has 5 rings (SSSR count). The topological polar surface area (TPSA) is 74.9 Å². The van der Waals surface area contributed by atoms with Crippen LogP contribution in [0.25, 0.3) is 32.6 Å². The highest BCUT2D eigenvalue weighted by molar-refractivity contribution is 7.88. The first-order valence-corrected chi connectivity index (χ1v) is 13.6. The van der Waals surface area contributed by atoms with Gasteiger partial charge in [0.05, 0.1) is 23.9 Å². The van der Waals surface area contributed by atoms with Gasteiger partial charge in [0.2, 0.25) is 10.0 Å². The van der Waals surface area contributed by atoms with E-state index in [1.165, 1.54) is 22.6 Å². The highest BCUT2D eigenvalue weighted by Gasteiger charge is 2.29. The molecular weight excluding hydrogens is 479 g/mol. The van der Waals surface area contributed by atoms with Crippen molar-refractivity contribution in [3.63, 3.8) is 0 Å². The summed E-state index contributed by atoms with van der Waals surface area (Å²) in [7, 11) is -3.33.